The molecule has 3 N–H and O–H groups in total. The molecule has 24 heavy (non-hydrogen) atoms. The molecule has 0 heterocycles. The summed E-state index contributed by atoms with van der Waals surface area (Å²) in [6.07, 6.45) is -0.284. The molecule has 0 aliphatic rings. The van der Waals surface area contributed by atoms with E-state index in [1.54, 1.807) is 37.3 Å². The first-order chi connectivity index (χ1) is 11.2. The molecule has 2 aromatic rings. The quantitative estimate of drug-likeness (QED) is 0.687. The monoisotopic (exact) mass is 352 g/mol. The van der Waals surface area contributed by atoms with Crippen molar-refractivity contribution >= 4 is 7.60 Å². The van der Waals surface area contributed by atoms with Gasteiger partial charge in [-0.05, 0) is 61.2 Å². The summed E-state index contributed by atoms with van der Waals surface area (Å²) >= 11 is 0. The number of ether oxygens (including phenoxy) is 1. The summed E-state index contributed by atoms with van der Waals surface area (Å²) in [6.45, 7) is 9.45. The van der Waals surface area contributed by atoms with Crippen LogP contribution in [0.25, 0.3) is 0 Å². The first-order valence-corrected chi connectivity index (χ1v) is 9.57. The Morgan fingerprint density at radius 3 is 1.96 bits per heavy atom. The fraction of sp³-hybridized carbons (Fsp3) is 0.333. The molecule has 0 atom stereocenters. The third kappa shape index (κ3) is 5.68. The minimum atomic E-state index is -4.09. The average molecular weight is 352 g/mol. The Bertz CT molecular complexity index is 726. The molecule has 0 saturated carbocycles. The second-order valence-electron chi connectivity index (χ2n) is 5.43. The van der Waals surface area contributed by atoms with Gasteiger partial charge in [-0.2, -0.15) is 0 Å². The number of phenols is 1. The van der Waals surface area contributed by atoms with Gasteiger partial charge in [0.15, 0.2) is 0 Å². The summed E-state index contributed by atoms with van der Waals surface area (Å²) < 4.78 is 17.0. The largest absolute Gasteiger partial charge is 0.508 e. The van der Waals surface area contributed by atoms with Crippen LogP contribution in [0, 0.1) is 20.8 Å². The van der Waals surface area contributed by atoms with Crippen molar-refractivity contribution < 1.29 is 24.2 Å². The van der Waals surface area contributed by atoms with Crippen molar-refractivity contribution in [3.63, 3.8) is 0 Å². The van der Waals surface area contributed by atoms with Crippen LogP contribution in [0.2, 0.25) is 0 Å². The zero-order valence-electron chi connectivity index (χ0n) is 14.7. The molecule has 2 aromatic carbocycles. The molecule has 0 bridgehead atoms. The topological polar surface area (TPSA) is 87.0 Å². The first-order valence-electron chi connectivity index (χ1n) is 7.78. The van der Waals surface area contributed by atoms with Crippen LogP contribution < -0.4 is 4.74 Å². The summed E-state index contributed by atoms with van der Waals surface area (Å²) in [5.74, 6) is 1.46. The lowest BCUT2D eigenvalue weighted by molar-refractivity contribution is 0.371. The van der Waals surface area contributed by atoms with Crippen LogP contribution >= 0.6 is 7.60 Å². The minimum Gasteiger partial charge on any atom is -0.508 e. The molecule has 2 rings (SSSR count). The Morgan fingerprint density at radius 2 is 1.50 bits per heavy atom. The minimum absolute atomic E-state index is 0.206. The van der Waals surface area contributed by atoms with Crippen LogP contribution in [0.15, 0.2) is 30.3 Å². The Morgan fingerprint density at radius 1 is 0.958 bits per heavy atom. The second kappa shape index (κ2) is 8.34. The molecule has 0 saturated heterocycles. The highest BCUT2D eigenvalue weighted by Gasteiger charge is 2.16. The van der Waals surface area contributed by atoms with Crippen LogP contribution in [0.5, 0.6) is 17.2 Å². The van der Waals surface area contributed by atoms with E-state index in [4.69, 9.17) is 14.5 Å². The van der Waals surface area contributed by atoms with Crippen LogP contribution in [0.3, 0.4) is 0 Å². The number of aryl methyl sites for hydroxylation is 3. The van der Waals surface area contributed by atoms with E-state index in [9.17, 15) is 9.67 Å². The SMILES string of the molecule is CC.Cc1cc(Oc2c(C)cc(CP(=O)(O)O)cc2C)ccc1O. The van der Waals surface area contributed by atoms with E-state index in [2.05, 4.69) is 0 Å². The maximum Gasteiger partial charge on any atom is 0.329 e. The predicted octanol–water partition coefficient (Wildman–Crippen LogP) is 4.81. The van der Waals surface area contributed by atoms with E-state index in [1.807, 2.05) is 27.7 Å². The lowest BCUT2D eigenvalue weighted by Gasteiger charge is -2.15. The first kappa shape index (κ1) is 20.2. The van der Waals surface area contributed by atoms with Crippen LogP contribution in [0.4, 0.5) is 0 Å². The van der Waals surface area contributed by atoms with Gasteiger partial charge >= 0.3 is 7.60 Å². The number of phenolic OH excluding ortho intramolecular Hbond substituents is 1. The van der Waals surface area contributed by atoms with E-state index in [-0.39, 0.29) is 11.9 Å². The van der Waals surface area contributed by atoms with Crippen molar-refractivity contribution in [3.05, 3.63) is 52.6 Å². The Labute approximate surface area is 143 Å². The lowest BCUT2D eigenvalue weighted by Crippen LogP contribution is -1.95. The van der Waals surface area contributed by atoms with Crippen LogP contribution in [0.1, 0.15) is 36.1 Å². The molecular weight excluding hydrogens is 327 g/mol. The van der Waals surface area contributed by atoms with Gasteiger partial charge in [-0.25, -0.2) is 0 Å². The van der Waals surface area contributed by atoms with E-state index in [0.29, 0.717) is 22.6 Å². The van der Waals surface area contributed by atoms with Gasteiger partial charge in [0.2, 0.25) is 0 Å². The number of benzene rings is 2. The molecule has 132 valence electrons. The van der Waals surface area contributed by atoms with Crippen molar-refractivity contribution in [2.24, 2.45) is 0 Å². The van der Waals surface area contributed by atoms with Gasteiger partial charge in [-0.1, -0.05) is 26.0 Å². The highest BCUT2D eigenvalue weighted by atomic mass is 31.2. The van der Waals surface area contributed by atoms with E-state index in [1.165, 1.54) is 0 Å². The van der Waals surface area contributed by atoms with Gasteiger partial charge in [0.05, 0.1) is 6.16 Å². The normalized spacial score (nSPS) is 10.8. The summed E-state index contributed by atoms with van der Waals surface area (Å²) in [5.41, 5.74) is 2.90. The molecule has 5 nitrogen and oxygen atoms in total. The Kier molecular flexibility index (Phi) is 7.03. The molecule has 0 spiro atoms. The highest BCUT2D eigenvalue weighted by molar-refractivity contribution is 7.50. The fourth-order valence-corrected chi connectivity index (χ4v) is 3.00. The molecule has 0 aliphatic carbocycles. The Hall–Kier alpha value is -1.81. The zero-order chi connectivity index (χ0) is 18.5. The van der Waals surface area contributed by atoms with Gasteiger partial charge < -0.3 is 19.6 Å². The summed E-state index contributed by atoms with van der Waals surface area (Å²) in [7, 11) is -4.09. The van der Waals surface area contributed by atoms with Gasteiger partial charge in [0.25, 0.3) is 0 Å². The van der Waals surface area contributed by atoms with Crippen molar-refractivity contribution in [1.29, 1.82) is 0 Å². The van der Waals surface area contributed by atoms with E-state index >= 15 is 0 Å². The molecule has 0 fully saturated rings. The van der Waals surface area contributed by atoms with Crippen LogP contribution in [-0.2, 0) is 10.7 Å². The van der Waals surface area contributed by atoms with Crippen molar-refractivity contribution in [2.45, 2.75) is 40.8 Å². The van der Waals surface area contributed by atoms with E-state index < -0.39 is 7.60 Å². The molecule has 0 aromatic heterocycles. The number of hydrogen-bond acceptors (Lipinski definition) is 3. The summed E-state index contributed by atoms with van der Waals surface area (Å²) in [4.78, 5) is 18.1. The second-order valence-corrected chi connectivity index (χ2v) is 7.08. The van der Waals surface area contributed by atoms with Gasteiger partial charge in [-0.3, -0.25) is 4.57 Å². The Balaban J connectivity index is 0.00000139. The maximum absolute atomic E-state index is 11.1. The number of hydrogen-bond donors (Lipinski definition) is 3. The van der Waals surface area contributed by atoms with Crippen LogP contribution in [-0.4, -0.2) is 14.9 Å². The molecule has 6 heteroatoms. The molecule has 0 amide bonds. The third-order valence-electron chi connectivity index (χ3n) is 3.30. The van der Waals surface area contributed by atoms with Gasteiger partial charge in [0.1, 0.15) is 17.2 Å². The predicted molar refractivity (Wildman–Crippen MR) is 95.9 cm³/mol. The van der Waals surface area contributed by atoms with Crippen molar-refractivity contribution in [1.82, 2.24) is 0 Å². The van der Waals surface area contributed by atoms with Gasteiger partial charge in [0, 0.05) is 0 Å². The standard InChI is InChI=1S/C16H19O5P.C2H6/c1-10-8-14(4-5-15(10)17)21-16-11(2)6-13(7-12(16)3)9-22(18,19)20;1-2/h4-8,17H,9H2,1-3H3,(H2,18,19,20);1-2H3. The number of rotatable bonds is 4. The maximum atomic E-state index is 11.1. The van der Waals surface area contributed by atoms with E-state index in [0.717, 1.165) is 11.1 Å². The highest BCUT2D eigenvalue weighted by Crippen LogP contribution is 2.41. The molecule has 0 aliphatic heterocycles. The smallest absolute Gasteiger partial charge is 0.329 e. The molecular formula is C18H25O5P. The average Bonchev–Trinajstić information content (AvgIpc) is 2.47. The van der Waals surface area contributed by atoms with Gasteiger partial charge in [-0.15, -0.1) is 0 Å². The lowest BCUT2D eigenvalue weighted by atomic mass is 10.1. The van der Waals surface area contributed by atoms with Crippen molar-refractivity contribution in [3.8, 4) is 17.2 Å². The van der Waals surface area contributed by atoms with Crippen molar-refractivity contribution in [2.75, 3.05) is 0 Å². The zero-order valence-corrected chi connectivity index (χ0v) is 15.6. The molecule has 0 radical (unpaired) electrons. The fourth-order valence-electron chi connectivity index (χ4n) is 2.34. The summed E-state index contributed by atoms with van der Waals surface area (Å²) in [5, 5.41) is 9.53. The number of aromatic hydroxyl groups is 1. The third-order valence-corrected chi connectivity index (χ3v) is 4.07. The summed E-state index contributed by atoms with van der Waals surface area (Å²) in [6, 6.07) is 8.41. The molecule has 0 unspecified atom stereocenters.